The number of benzene rings is 1. The Morgan fingerprint density at radius 3 is 2.20 bits per heavy atom. The summed E-state index contributed by atoms with van der Waals surface area (Å²) < 4.78 is 0. The van der Waals surface area contributed by atoms with Crippen LogP contribution in [0, 0.1) is 0 Å². The first kappa shape index (κ1) is 10.4. The van der Waals surface area contributed by atoms with Crippen LogP contribution in [-0.2, 0) is 5.41 Å². The quantitative estimate of drug-likeness (QED) is 0.678. The minimum atomic E-state index is 0.0892. The molecule has 0 radical (unpaired) electrons. The molecule has 0 aliphatic carbocycles. The molecule has 2 rings (SSSR count). The lowest BCUT2D eigenvalue weighted by molar-refractivity contribution is 0.595. The van der Waals surface area contributed by atoms with Crippen LogP contribution < -0.4 is 0 Å². The van der Waals surface area contributed by atoms with Gasteiger partial charge in [-0.2, -0.15) is 10.2 Å². The van der Waals surface area contributed by atoms with E-state index in [1.165, 1.54) is 5.56 Å². The van der Waals surface area contributed by atoms with Gasteiger partial charge in [0.05, 0.1) is 17.4 Å². The first-order chi connectivity index (χ1) is 7.00. The lowest BCUT2D eigenvalue weighted by atomic mass is 9.84. The SMILES string of the molecule is CC(C)(C)c1ccc(Cl)c2cnncc12. The van der Waals surface area contributed by atoms with Gasteiger partial charge < -0.3 is 0 Å². The molecule has 15 heavy (non-hydrogen) atoms. The molecule has 1 heterocycles. The number of halogens is 1. The molecule has 1 aromatic heterocycles. The Labute approximate surface area is 94.3 Å². The molecule has 0 aliphatic rings. The monoisotopic (exact) mass is 220 g/mol. The largest absolute Gasteiger partial charge is 0.158 e. The van der Waals surface area contributed by atoms with Gasteiger partial charge in [0.15, 0.2) is 0 Å². The van der Waals surface area contributed by atoms with Gasteiger partial charge >= 0.3 is 0 Å². The molecule has 3 heteroatoms. The molecule has 0 atom stereocenters. The average molecular weight is 221 g/mol. The number of rotatable bonds is 0. The van der Waals surface area contributed by atoms with E-state index in [9.17, 15) is 0 Å². The van der Waals surface area contributed by atoms with Crippen molar-refractivity contribution in [1.29, 1.82) is 0 Å². The Kier molecular flexibility index (Phi) is 2.39. The number of fused-ring (bicyclic) bond motifs is 1. The summed E-state index contributed by atoms with van der Waals surface area (Å²) >= 11 is 6.11. The molecule has 0 bridgehead atoms. The predicted molar refractivity (Wildman–Crippen MR) is 63.2 cm³/mol. The molecule has 0 N–H and O–H groups in total. The highest BCUT2D eigenvalue weighted by Crippen LogP contribution is 2.32. The van der Waals surface area contributed by atoms with E-state index < -0.39 is 0 Å². The predicted octanol–water partition coefficient (Wildman–Crippen LogP) is 3.58. The topological polar surface area (TPSA) is 25.8 Å². The molecule has 0 spiro atoms. The lowest BCUT2D eigenvalue weighted by Gasteiger charge is -2.21. The zero-order chi connectivity index (χ0) is 11.1. The second kappa shape index (κ2) is 3.46. The summed E-state index contributed by atoms with van der Waals surface area (Å²) in [5, 5.41) is 10.6. The van der Waals surface area contributed by atoms with Gasteiger partial charge in [0.1, 0.15) is 0 Å². The van der Waals surface area contributed by atoms with Crippen molar-refractivity contribution in [2.75, 3.05) is 0 Å². The Morgan fingerprint density at radius 1 is 1.00 bits per heavy atom. The fourth-order valence-corrected chi connectivity index (χ4v) is 1.93. The van der Waals surface area contributed by atoms with Gasteiger partial charge in [-0.15, -0.1) is 0 Å². The summed E-state index contributed by atoms with van der Waals surface area (Å²) in [4.78, 5) is 0. The number of aromatic nitrogens is 2. The molecule has 0 unspecified atom stereocenters. The maximum absolute atomic E-state index is 6.11. The van der Waals surface area contributed by atoms with E-state index in [4.69, 9.17) is 11.6 Å². The van der Waals surface area contributed by atoms with Crippen molar-refractivity contribution in [2.45, 2.75) is 26.2 Å². The van der Waals surface area contributed by atoms with E-state index in [1.54, 1.807) is 12.4 Å². The van der Waals surface area contributed by atoms with Crippen molar-refractivity contribution in [1.82, 2.24) is 10.2 Å². The molecule has 78 valence electrons. The first-order valence-corrected chi connectivity index (χ1v) is 5.27. The third-order valence-electron chi connectivity index (χ3n) is 2.48. The van der Waals surface area contributed by atoms with Crippen molar-refractivity contribution in [2.24, 2.45) is 0 Å². The second-order valence-corrected chi connectivity index (χ2v) is 5.07. The van der Waals surface area contributed by atoms with Crippen molar-refractivity contribution in [3.63, 3.8) is 0 Å². The van der Waals surface area contributed by atoms with Crippen molar-refractivity contribution in [3.8, 4) is 0 Å². The summed E-state index contributed by atoms with van der Waals surface area (Å²) in [6, 6.07) is 3.98. The van der Waals surface area contributed by atoms with E-state index in [-0.39, 0.29) is 5.41 Å². The normalized spacial score (nSPS) is 12.0. The maximum atomic E-state index is 6.11. The third-order valence-corrected chi connectivity index (χ3v) is 2.81. The Bertz CT molecular complexity index is 500. The minimum Gasteiger partial charge on any atom is -0.158 e. The molecule has 0 aliphatic heterocycles. The van der Waals surface area contributed by atoms with E-state index in [1.807, 2.05) is 6.07 Å². The van der Waals surface area contributed by atoms with Crippen LogP contribution in [0.1, 0.15) is 26.3 Å². The second-order valence-electron chi connectivity index (χ2n) is 4.66. The molecular formula is C12H13ClN2. The van der Waals surface area contributed by atoms with E-state index in [0.29, 0.717) is 0 Å². The highest BCUT2D eigenvalue weighted by atomic mass is 35.5. The van der Waals surface area contributed by atoms with Crippen molar-refractivity contribution >= 4 is 22.4 Å². The van der Waals surface area contributed by atoms with Gasteiger partial charge in [-0.3, -0.25) is 0 Å². The van der Waals surface area contributed by atoms with Gasteiger partial charge in [0, 0.05) is 10.8 Å². The zero-order valence-electron chi connectivity index (χ0n) is 9.08. The first-order valence-electron chi connectivity index (χ1n) is 4.89. The van der Waals surface area contributed by atoms with Crippen LogP contribution >= 0.6 is 11.6 Å². The minimum absolute atomic E-state index is 0.0892. The molecule has 1 aromatic carbocycles. The smallest absolute Gasteiger partial charge is 0.0589 e. The van der Waals surface area contributed by atoms with Gasteiger partial charge in [-0.25, -0.2) is 0 Å². The highest BCUT2D eigenvalue weighted by Gasteiger charge is 2.17. The van der Waals surface area contributed by atoms with E-state index in [0.717, 1.165) is 15.8 Å². The molecule has 0 amide bonds. The number of hydrogen-bond acceptors (Lipinski definition) is 2. The van der Waals surface area contributed by atoms with Gasteiger partial charge in [-0.1, -0.05) is 38.4 Å². The zero-order valence-corrected chi connectivity index (χ0v) is 9.84. The fraction of sp³-hybridized carbons (Fsp3) is 0.333. The van der Waals surface area contributed by atoms with Crippen LogP contribution in [-0.4, -0.2) is 10.2 Å². The molecule has 2 nitrogen and oxygen atoms in total. The molecule has 0 saturated heterocycles. The summed E-state index contributed by atoms with van der Waals surface area (Å²) in [5.41, 5.74) is 1.34. The Hall–Kier alpha value is -1.15. The molecular weight excluding hydrogens is 208 g/mol. The Morgan fingerprint density at radius 2 is 1.60 bits per heavy atom. The van der Waals surface area contributed by atoms with Gasteiger partial charge in [-0.05, 0) is 17.0 Å². The number of hydrogen-bond donors (Lipinski definition) is 0. The molecule has 0 saturated carbocycles. The maximum Gasteiger partial charge on any atom is 0.0589 e. The van der Waals surface area contributed by atoms with E-state index in [2.05, 4.69) is 37.0 Å². The fourth-order valence-electron chi connectivity index (χ4n) is 1.72. The summed E-state index contributed by atoms with van der Waals surface area (Å²) in [6.45, 7) is 6.53. The van der Waals surface area contributed by atoms with Crippen LogP contribution in [0.2, 0.25) is 5.02 Å². The van der Waals surface area contributed by atoms with Gasteiger partial charge in [0.2, 0.25) is 0 Å². The average Bonchev–Trinajstić information content (AvgIpc) is 2.17. The lowest BCUT2D eigenvalue weighted by Crippen LogP contribution is -2.11. The highest BCUT2D eigenvalue weighted by molar-refractivity contribution is 6.35. The van der Waals surface area contributed by atoms with Crippen LogP contribution in [0.15, 0.2) is 24.5 Å². The Balaban J connectivity index is 2.84. The molecule has 0 fully saturated rings. The number of nitrogens with zero attached hydrogens (tertiary/aromatic N) is 2. The van der Waals surface area contributed by atoms with Crippen LogP contribution in [0.3, 0.4) is 0 Å². The van der Waals surface area contributed by atoms with Crippen LogP contribution in [0.4, 0.5) is 0 Å². The summed E-state index contributed by atoms with van der Waals surface area (Å²) in [6.07, 6.45) is 3.49. The van der Waals surface area contributed by atoms with E-state index >= 15 is 0 Å². The summed E-state index contributed by atoms with van der Waals surface area (Å²) in [7, 11) is 0. The van der Waals surface area contributed by atoms with Gasteiger partial charge in [0.25, 0.3) is 0 Å². The van der Waals surface area contributed by atoms with Crippen molar-refractivity contribution < 1.29 is 0 Å². The van der Waals surface area contributed by atoms with Crippen LogP contribution in [0.5, 0.6) is 0 Å². The standard InChI is InChI=1S/C12H13ClN2/c1-12(2,3)10-4-5-11(13)9-7-15-14-6-8(9)10/h4-7H,1-3H3. The van der Waals surface area contributed by atoms with Crippen LogP contribution in [0.25, 0.3) is 10.8 Å². The summed E-state index contributed by atoms with van der Waals surface area (Å²) in [5.74, 6) is 0. The van der Waals surface area contributed by atoms with Crippen molar-refractivity contribution in [3.05, 3.63) is 35.1 Å². The molecule has 2 aromatic rings. The third kappa shape index (κ3) is 1.82.